The van der Waals surface area contributed by atoms with Crippen LogP contribution in [0, 0.1) is 12.7 Å². The van der Waals surface area contributed by atoms with E-state index in [-0.39, 0.29) is 23.2 Å². The number of carbonyl (C=O) groups is 1. The van der Waals surface area contributed by atoms with Crippen LogP contribution in [0.3, 0.4) is 0 Å². The van der Waals surface area contributed by atoms with Crippen LogP contribution in [0.2, 0.25) is 0 Å². The van der Waals surface area contributed by atoms with Crippen LogP contribution in [0.15, 0.2) is 24.3 Å². The predicted octanol–water partition coefficient (Wildman–Crippen LogP) is 2.00. The van der Waals surface area contributed by atoms with Crippen molar-refractivity contribution in [1.29, 1.82) is 0 Å². The van der Waals surface area contributed by atoms with Gasteiger partial charge >= 0.3 is 0 Å². The molecule has 0 unspecified atom stereocenters. The molecule has 0 spiro atoms. The van der Waals surface area contributed by atoms with Gasteiger partial charge in [-0.2, -0.15) is 0 Å². The highest BCUT2D eigenvalue weighted by atomic mass is 19.1. The van der Waals surface area contributed by atoms with Gasteiger partial charge in [0.2, 0.25) is 5.88 Å². The second kappa shape index (κ2) is 5.74. The Bertz CT molecular complexity index is 671. The average Bonchev–Trinajstić information content (AvgIpc) is 2.44. The van der Waals surface area contributed by atoms with Crippen molar-refractivity contribution < 1.29 is 13.9 Å². The summed E-state index contributed by atoms with van der Waals surface area (Å²) in [5.74, 6) is -0.770. The first-order chi connectivity index (χ1) is 9.88. The van der Waals surface area contributed by atoms with Gasteiger partial charge in [0, 0.05) is 31.9 Å². The summed E-state index contributed by atoms with van der Waals surface area (Å²) in [6, 6.07) is 5.58. The van der Waals surface area contributed by atoms with Crippen LogP contribution >= 0.6 is 0 Å². The third-order valence-corrected chi connectivity index (χ3v) is 2.80. The molecule has 2 aromatic rings. The molecular formula is C14H15FN4O2. The van der Waals surface area contributed by atoms with Gasteiger partial charge < -0.3 is 15.4 Å². The molecule has 1 aromatic carbocycles. The lowest BCUT2D eigenvalue weighted by Crippen LogP contribution is -2.23. The number of aromatic nitrogens is 2. The van der Waals surface area contributed by atoms with E-state index in [0.29, 0.717) is 11.3 Å². The molecule has 0 fully saturated rings. The molecule has 0 aliphatic rings. The fourth-order valence-corrected chi connectivity index (χ4v) is 1.58. The largest absolute Gasteiger partial charge is 0.434 e. The van der Waals surface area contributed by atoms with E-state index in [9.17, 15) is 9.18 Å². The number of anilines is 1. The van der Waals surface area contributed by atoms with Crippen LogP contribution in [-0.4, -0.2) is 35.1 Å². The summed E-state index contributed by atoms with van der Waals surface area (Å²) >= 11 is 0. The van der Waals surface area contributed by atoms with Crippen molar-refractivity contribution >= 4 is 11.6 Å². The molecular weight excluding hydrogens is 275 g/mol. The highest BCUT2D eigenvalue weighted by molar-refractivity contribution is 5.91. The molecule has 0 aliphatic heterocycles. The highest BCUT2D eigenvalue weighted by Crippen LogP contribution is 2.27. The number of nitrogen functional groups attached to an aromatic ring is 1. The van der Waals surface area contributed by atoms with Crippen LogP contribution in [0.5, 0.6) is 11.6 Å². The normalized spacial score (nSPS) is 10.3. The number of nitrogens with two attached hydrogens (primary N) is 1. The first-order valence-electron chi connectivity index (χ1n) is 6.17. The van der Waals surface area contributed by atoms with Gasteiger partial charge in [-0.3, -0.25) is 4.79 Å². The maximum Gasteiger partial charge on any atom is 0.273 e. The SMILES string of the molecule is Cc1cc(Oc2ccc(C(=O)N(C)C)nn2)c(F)cc1N. The summed E-state index contributed by atoms with van der Waals surface area (Å²) in [5, 5.41) is 7.51. The molecule has 1 amide bonds. The lowest BCUT2D eigenvalue weighted by atomic mass is 10.2. The Hall–Kier alpha value is -2.70. The molecule has 7 heteroatoms. The number of hydrogen-bond donors (Lipinski definition) is 1. The van der Waals surface area contributed by atoms with Crippen molar-refractivity contribution in [2.24, 2.45) is 0 Å². The van der Waals surface area contributed by atoms with Gasteiger partial charge in [-0.05, 0) is 24.6 Å². The Labute approximate surface area is 121 Å². The lowest BCUT2D eigenvalue weighted by Gasteiger charge is -2.10. The van der Waals surface area contributed by atoms with Crippen molar-refractivity contribution in [1.82, 2.24) is 15.1 Å². The van der Waals surface area contributed by atoms with Gasteiger partial charge in [-0.15, -0.1) is 10.2 Å². The van der Waals surface area contributed by atoms with Crippen LogP contribution in [0.25, 0.3) is 0 Å². The number of benzene rings is 1. The number of nitrogens with zero attached hydrogens (tertiary/aromatic N) is 3. The number of hydrogen-bond acceptors (Lipinski definition) is 5. The minimum absolute atomic E-state index is 0.00249. The van der Waals surface area contributed by atoms with Crippen molar-refractivity contribution in [2.45, 2.75) is 6.92 Å². The van der Waals surface area contributed by atoms with E-state index in [1.54, 1.807) is 21.0 Å². The Balaban J connectivity index is 2.21. The van der Waals surface area contributed by atoms with Crippen LogP contribution in [0.1, 0.15) is 16.1 Å². The van der Waals surface area contributed by atoms with E-state index >= 15 is 0 Å². The molecule has 2 rings (SSSR count). The Morgan fingerprint density at radius 2 is 2.00 bits per heavy atom. The third-order valence-electron chi connectivity index (χ3n) is 2.80. The monoisotopic (exact) mass is 290 g/mol. The van der Waals surface area contributed by atoms with Crippen LogP contribution in [-0.2, 0) is 0 Å². The molecule has 1 aromatic heterocycles. The molecule has 6 nitrogen and oxygen atoms in total. The van der Waals surface area contributed by atoms with Gasteiger partial charge in [0.25, 0.3) is 5.91 Å². The molecule has 0 aliphatic carbocycles. The Morgan fingerprint density at radius 1 is 1.29 bits per heavy atom. The third kappa shape index (κ3) is 3.25. The maximum atomic E-state index is 13.7. The van der Waals surface area contributed by atoms with Gasteiger partial charge in [0.05, 0.1) is 0 Å². The number of halogens is 1. The van der Waals surface area contributed by atoms with Gasteiger partial charge in [-0.1, -0.05) is 0 Å². The Morgan fingerprint density at radius 3 is 2.57 bits per heavy atom. The molecule has 0 saturated carbocycles. The van der Waals surface area contributed by atoms with Gasteiger partial charge in [0.1, 0.15) is 0 Å². The van der Waals surface area contributed by atoms with E-state index in [1.807, 2.05) is 0 Å². The van der Waals surface area contributed by atoms with Crippen LogP contribution < -0.4 is 10.5 Å². The number of rotatable bonds is 3. The summed E-state index contributed by atoms with van der Waals surface area (Å²) in [6.45, 7) is 1.74. The van der Waals surface area contributed by atoms with Crippen molar-refractivity contribution in [2.75, 3.05) is 19.8 Å². The summed E-state index contributed by atoms with van der Waals surface area (Å²) in [4.78, 5) is 13.0. The zero-order chi connectivity index (χ0) is 15.6. The summed E-state index contributed by atoms with van der Waals surface area (Å²) < 4.78 is 19.0. The average molecular weight is 290 g/mol. The first-order valence-corrected chi connectivity index (χ1v) is 6.17. The minimum atomic E-state index is -0.589. The number of amides is 1. The Kier molecular flexibility index (Phi) is 4.02. The van der Waals surface area contributed by atoms with Crippen molar-refractivity contribution in [3.05, 3.63) is 41.3 Å². The highest BCUT2D eigenvalue weighted by Gasteiger charge is 2.12. The standard InChI is InChI=1S/C14H15FN4O2/c1-8-6-12(9(15)7-10(8)16)21-13-5-4-11(17-18-13)14(20)19(2)3/h4-7H,16H2,1-3H3. The molecule has 110 valence electrons. The van der Waals surface area contributed by atoms with Crippen molar-refractivity contribution in [3.63, 3.8) is 0 Å². The molecule has 0 saturated heterocycles. The molecule has 0 atom stereocenters. The van der Waals surface area contributed by atoms with Crippen LogP contribution in [0.4, 0.5) is 10.1 Å². The molecule has 2 N–H and O–H groups in total. The smallest absolute Gasteiger partial charge is 0.273 e. The fourth-order valence-electron chi connectivity index (χ4n) is 1.58. The second-order valence-electron chi connectivity index (χ2n) is 4.70. The molecule has 1 heterocycles. The summed E-state index contributed by atoms with van der Waals surface area (Å²) in [7, 11) is 3.22. The summed E-state index contributed by atoms with van der Waals surface area (Å²) in [6.07, 6.45) is 0. The van der Waals surface area contributed by atoms with E-state index in [4.69, 9.17) is 10.5 Å². The predicted molar refractivity (Wildman–Crippen MR) is 75.7 cm³/mol. The van der Waals surface area contributed by atoms with Crippen molar-refractivity contribution in [3.8, 4) is 11.6 Å². The second-order valence-corrected chi connectivity index (χ2v) is 4.70. The molecule has 0 radical (unpaired) electrons. The van der Waals surface area contributed by atoms with Gasteiger partial charge in [0.15, 0.2) is 17.3 Å². The minimum Gasteiger partial charge on any atom is -0.434 e. The molecule has 21 heavy (non-hydrogen) atoms. The number of carbonyl (C=O) groups excluding carboxylic acids is 1. The van der Waals surface area contributed by atoms with E-state index in [1.165, 1.54) is 29.2 Å². The van der Waals surface area contributed by atoms with Gasteiger partial charge in [-0.25, -0.2) is 4.39 Å². The quantitative estimate of drug-likeness (QED) is 0.874. The van der Waals surface area contributed by atoms with E-state index in [2.05, 4.69) is 10.2 Å². The lowest BCUT2D eigenvalue weighted by molar-refractivity contribution is 0.0820. The zero-order valence-electron chi connectivity index (χ0n) is 11.9. The topological polar surface area (TPSA) is 81.3 Å². The van der Waals surface area contributed by atoms with E-state index in [0.717, 1.165) is 0 Å². The number of ether oxygens (including phenoxy) is 1. The van der Waals surface area contributed by atoms with E-state index < -0.39 is 5.82 Å². The maximum absolute atomic E-state index is 13.7. The first kappa shape index (κ1) is 14.7. The number of aryl methyl sites for hydroxylation is 1. The molecule has 0 bridgehead atoms. The zero-order valence-corrected chi connectivity index (χ0v) is 11.9. The summed E-state index contributed by atoms with van der Waals surface area (Å²) in [5.41, 5.74) is 6.82. The fraction of sp³-hybridized carbons (Fsp3) is 0.214.